The van der Waals surface area contributed by atoms with Crippen LogP contribution in [0.4, 0.5) is 14.9 Å². The topological polar surface area (TPSA) is 98.7 Å². The molecule has 3 atom stereocenters. The Morgan fingerprint density at radius 3 is 2.61 bits per heavy atom. The van der Waals surface area contributed by atoms with Gasteiger partial charge in [0.1, 0.15) is 11.9 Å². The number of imide groups is 1. The number of aliphatic hydroxyl groups excluding tert-OH is 1. The maximum Gasteiger partial charge on any atom is 0.329 e. The van der Waals surface area contributed by atoms with E-state index in [2.05, 4.69) is 10.6 Å². The zero-order valence-corrected chi connectivity index (χ0v) is 14.8. The van der Waals surface area contributed by atoms with Gasteiger partial charge in [0, 0.05) is 0 Å². The van der Waals surface area contributed by atoms with E-state index < -0.39 is 41.9 Å². The lowest BCUT2D eigenvalue weighted by Crippen LogP contribution is -2.42. The fourth-order valence-electron chi connectivity index (χ4n) is 3.66. The highest BCUT2D eigenvalue weighted by Gasteiger charge is 2.41. The van der Waals surface area contributed by atoms with Crippen molar-refractivity contribution in [3.63, 3.8) is 0 Å². The second-order valence-electron chi connectivity index (χ2n) is 6.88. The van der Waals surface area contributed by atoms with Crippen molar-refractivity contribution in [2.75, 3.05) is 4.90 Å². The lowest BCUT2D eigenvalue weighted by atomic mass is 10.1. The summed E-state index contributed by atoms with van der Waals surface area (Å²) in [5.41, 5.74) is 1.97. The SMILES string of the molecule is O=C(CC1NC(=O)N(c2ccc(F)cc2)C1=O)N[C@@H]1Cc2ccccc2[C@@H]1O. The van der Waals surface area contributed by atoms with Crippen molar-refractivity contribution < 1.29 is 23.9 Å². The van der Waals surface area contributed by atoms with Crippen LogP contribution in [0.1, 0.15) is 23.7 Å². The summed E-state index contributed by atoms with van der Waals surface area (Å²) in [5.74, 6) is -1.51. The van der Waals surface area contributed by atoms with E-state index in [1.807, 2.05) is 24.3 Å². The number of anilines is 1. The molecule has 2 aliphatic rings. The van der Waals surface area contributed by atoms with Crippen LogP contribution in [0.25, 0.3) is 0 Å². The fourth-order valence-corrected chi connectivity index (χ4v) is 3.66. The molecular weight excluding hydrogens is 365 g/mol. The molecule has 0 aromatic heterocycles. The van der Waals surface area contributed by atoms with Crippen LogP contribution in [-0.4, -0.2) is 35.0 Å². The van der Waals surface area contributed by atoms with Gasteiger partial charge in [-0.1, -0.05) is 24.3 Å². The molecule has 0 spiro atoms. The molecule has 4 rings (SSSR count). The van der Waals surface area contributed by atoms with Crippen LogP contribution in [0.3, 0.4) is 0 Å². The van der Waals surface area contributed by atoms with Crippen molar-refractivity contribution >= 4 is 23.5 Å². The van der Waals surface area contributed by atoms with Crippen molar-refractivity contribution in [2.24, 2.45) is 0 Å². The number of carbonyl (C=O) groups is 3. The lowest BCUT2D eigenvalue weighted by Gasteiger charge is -2.18. The fraction of sp³-hybridized carbons (Fsp3) is 0.250. The third-order valence-electron chi connectivity index (χ3n) is 5.03. The van der Waals surface area contributed by atoms with E-state index >= 15 is 0 Å². The average molecular weight is 383 g/mol. The number of halogens is 1. The van der Waals surface area contributed by atoms with Crippen LogP contribution >= 0.6 is 0 Å². The Morgan fingerprint density at radius 2 is 1.89 bits per heavy atom. The second kappa shape index (κ2) is 7.05. The third kappa shape index (κ3) is 3.22. The summed E-state index contributed by atoms with van der Waals surface area (Å²) in [6.07, 6.45) is -0.567. The van der Waals surface area contributed by atoms with E-state index in [-0.39, 0.29) is 12.1 Å². The van der Waals surface area contributed by atoms with Crippen LogP contribution in [0, 0.1) is 5.82 Å². The Kier molecular flexibility index (Phi) is 4.56. The van der Waals surface area contributed by atoms with Crippen molar-refractivity contribution in [3.8, 4) is 0 Å². The van der Waals surface area contributed by atoms with Crippen LogP contribution in [0.15, 0.2) is 48.5 Å². The molecule has 8 heteroatoms. The van der Waals surface area contributed by atoms with Gasteiger partial charge in [0.15, 0.2) is 0 Å². The highest BCUT2D eigenvalue weighted by Crippen LogP contribution is 2.31. The predicted octanol–water partition coefficient (Wildman–Crippen LogP) is 1.42. The molecule has 1 aliphatic heterocycles. The third-order valence-corrected chi connectivity index (χ3v) is 5.03. The summed E-state index contributed by atoms with van der Waals surface area (Å²) < 4.78 is 13.1. The van der Waals surface area contributed by atoms with E-state index in [0.29, 0.717) is 6.42 Å². The number of nitrogens with zero attached hydrogens (tertiary/aromatic N) is 1. The molecule has 2 aromatic rings. The number of urea groups is 1. The van der Waals surface area contributed by atoms with E-state index in [1.165, 1.54) is 12.1 Å². The summed E-state index contributed by atoms with van der Waals surface area (Å²) in [4.78, 5) is 38.0. The zero-order valence-electron chi connectivity index (χ0n) is 14.8. The molecule has 4 amide bonds. The zero-order chi connectivity index (χ0) is 19.8. The molecule has 3 N–H and O–H groups in total. The van der Waals surface area contributed by atoms with Gasteiger partial charge in [-0.05, 0) is 41.8 Å². The number of hydrogen-bond acceptors (Lipinski definition) is 4. The van der Waals surface area contributed by atoms with Crippen molar-refractivity contribution in [3.05, 3.63) is 65.5 Å². The van der Waals surface area contributed by atoms with Crippen molar-refractivity contribution in [2.45, 2.75) is 31.0 Å². The largest absolute Gasteiger partial charge is 0.386 e. The molecule has 7 nitrogen and oxygen atoms in total. The number of benzene rings is 2. The number of nitrogens with one attached hydrogen (secondary N) is 2. The molecule has 0 bridgehead atoms. The van der Waals surface area contributed by atoms with Gasteiger partial charge in [-0.2, -0.15) is 0 Å². The first kappa shape index (κ1) is 18.1. The maximum absolute atomic E-state index is 13.1. The van der Waals surface area contributed by atoms with Crippen LogP contribution in [0.5, 0.6) is 0 Å². The number of aliphatic hydroxyl groups is 1. The Bertz CT molecular complexity index is 947. The smallest absolute Gasteiger partial charge is 0.329 e. The van der Waals surface area contributed by atoms with Gasteiger partial charge < -0.3 is 15.7 Å². The molecule has 1 fully saturated rings. The number of rotatable bonds is 4. The number of fused-ring (bicyclic) bond motifs is 1. The first-order valence-corrected chi connectivity index (χ1v) is 8.89. The second-order valence-corrected chi connectivity index (χ2v) is 6.88. The molecule has 1 aliphatic carbocycles. The highest BCUT2D eigenvalue weighted by atomic mass is 19.1. The van der Waals surface area contributed by atoms with E-state index in [4.69, 9.17) is 0 Å². The summed E-state index contributed by atoms with van der Waals surface area (Å²) in [6.45, 7) is 0. The average Bonchev–Trinajstić information content (AvgIpc) is 3.13. The number of hydrogen-bond donors (Lipinski definition) is 3. The monoisotopic (exact) mass is 383 g/mol. The Hall–Kier alpha value is -3.26. The molecule has 0 radical (unpaired) electrons. The van der Waals surface area contributed by atoms with Gasteiger partial charge in [0.25, 0.3) is 5.91 Å². The first-order valence-electron chi connectivity index (χ1n) is 8.89. The van der Waals surface area contributed by atoms with Gasteiger partial charge >= 0.3 is 6.03 Å². The Morgan fingerprint density at radius 1 is 1.18 bits per heavy atom. The maximum atomic E-state index is 13.1. The van der Waals surface area contributed by atoms with Gasteiger partial charge in [0.2, 0.25) is 5.91 Å². The highest BCUT2D eigenvalue weighted by molar-refractivity contribution is 6.22. The summed E-state index contributed by atoms with van der Waals surface area (Å²) in [7, 11) is 0. The van der Waals surface area contributed by atoms with Gasteiger partial charge in [-0.25, -0.2) is 14.1 Å². The van der Waals surface area contributed by atoms with Crippen LogP contribution < -0.4 is 15.5 Å². The molecule has 0 saturated carbocycles. The number of carbonyl (C=O) groups excluding carboxylic acids is 3. The molecule has 1 heterocycles. The van der Waals surface area contributed by atoms with Gasteiger partial charge in [0.05, 0.1) is 24.3 Å². The van der Waals surface area contributed by atoms with Crippen molar-refractivity contribution in [1.29, 1.82) is 0 Å². The lowest BCUT2D eigenvalue weighted by molar-refractivity contribution is -0.126. The van der Waals surface area contributed by atoms with E-state index in [9.17, 15) is 23.9 Å². The normalized spacial score (nSPS) is 23.5. The number of amides is 4. The minimum absolute atomic E-state index is 0.230. The predicted molar refractivity (Wildman–Crippen MR) is 97.9 cm³/mol. The van der Waals surface area contributed by atoms with Gasteiger partial charge in [-0.15, -0.1) is 0 Å². The van der Waals surface area contributed by atoms with Gasteiger partial charge in [-0.3, -0.25) is 9.59 Å². The van der Waals surface area contributed by atoms with E-state index in [0.717, 1.165) is 28.2 Å². The first-order chi connectivity index (χ1) is 13.4. The molecule has 28 heavy (non-hydrogen) atoms. The molecular formula is C20H18FN3O4. The summed E-state index contributed by atoms with van der Waals surface area (Å²) >= 11 is 0. The standard InChI is InChI=1S/C20H18FN3O4/c21-12-5-7-13(8-6-12)24-19(27)16(23-20(24)28)10-17(25)22-15-9-11-3-1-2-4-14(11)18(15)26/h1-8,15-16,18,26H,9-10H2,(H,22,25)(H,23,28)/t15-,16?,18+/m1/s1. The minimum atomic E-state index is -1.02. The van der Waals surface area contributed by atoms with Crippen molar-refractivity contribution in [1.82, 2.24) is 10.6 Å². The minimum Gasteiger partial charge on any atom is -0.386 e. The Balaban J connectivity index is 1.40. The summed E-state index contributed by atoms with van der Waals surface area (Å²) in [6, 6.07) is 10.2. The summed E-state index contributed by atoms with van der Waals surface area (Å²) in [5, 5.41) is 15.6. The molecule has 1 unspecified atom stereocenters. The van der Waals surface area contributed by atoms with Crippen LogP contribution in [0.2, 0.25) is 0 Å². The molecule has 1 saturated heterocycles. The quantitative estimate of drug-likeness (QED) is 0.696. The molecule has 2 aromatic carbocycles. The Labute approximate surface area is 160 Å². The van der Waals surface area contributed by atoms with E-state index in [1.54, 1.807) is 0 Å². The van der Waals surface area contributed by atoms with Crippen LogP contribution in [-0.2, 0) is 16.0 Å². The molecule has 144 valence electrons.